The lowest BCUT2D eigenvalue weighted by Crippen LogP contribution is -2.48. The van der Waals surface area contributed by atoms with Crippen molar-refractivity contribution in [3.05, 3.63) is 52.0 Å². The Morgan fingerprint density at radius 3 is 3.00 bits per heavy atom. The molecule has 2 aromatic rings. The first-order valence-corrected chi connectivity index (χ1v) is 11.2. The predicted molar refractivity (Wildman–Crippen MR) is 111 cm³/mol. The highest BCUT2D eigenvalue weighted by atomic mass is 32.1. The van der Waals surface area contributed by atoms with Crippen molar-refractivity contribution in [2.24, 2.45) is 0 Å². The maximum Gasteiger partial charge on any atom is 0.324 e. The lowest BCUT2D eigenvalue weighted by molar-refractivity contribution is -0.165. The van der Waals surface area contributed by atoms with Crippen molar-refractivity contribution in [3.8, 4) is 0 Å². The minimum Gasteiger partial charge on any atom is -0.451 e. The van der Waals surface area contributed by atoms with E-state index in [4.69, 9.17) is 4.74 Å². The molecule has 0 N–H and O–H groups in total. The van der Waals surface area contributed by atoms with Crippen molar-refractivity contribution in [1.29, 1.82) is 0 Å². The molecule has 4 rings (SSSR count). The third-order valence-corrected chi connectivity index (χ3v) is 6.76. The van der Waals surface area contributed by atoms with Crippen LogP contribution in [0.4, 0.5) is 0 Å². The second-order valence-electron chi connectivity index (χ2n) is 7.76. The molecule has 7 heteroatoms. The summed E-state index contributed by atoms with van der Waals surface area (Å²) in [5.41, 5.74) is 2.15. The van der Waals surface area contributed by atoms with E-state index in [9.17, 15) is 9.59 Å². The average Bonchev–Trinajstić information content (AvgIpc) is 3.22. The van der Waals surface area contributed by atoms with Crippen LogP contribution in [0.1, 0.15) is 42.3 Å². The number of esters is 1. The molecule has 0 unspecified atom stereocenters. The molecule has 1 saturated heterocycles. The smallest absolute Gasteiger partial charge is 0.324 e. The Hall–Kier alpha value is -2.25. The Balaban J connectivity index is 1.36. The van der Waals surface area contributed by atoms with E-state index in [2.05, 4.69) is 21.3 Å². The number of hydrogen-bond acceptors (Lipinski definition) is 6. The zero-order valence-electron chi connectivity index (χ0n) is 16.8. The molecule has 29 heavy (non-hydrogen) atoms. The maximum absolute atomic E-state index is 12.9. The summed E-state index contributed by atoms with van der Waals surface area (Å²) in [6.45, 7) is 4.44. The normalized spacial score (nSPS) is 20.7. The van der Waals surface area contributed by atoms with Gasteiger partial charge in [-0.3, -0.25) is 19.5 Å². The molecule has 2 aromatic heterocycles. The molecule has 4 heterocycles. The number of hydrogen-bond donors (Lipinski definition) is 0. The van der Waals surface area contributed by atoms with Gasteiger partial charge in [0.15, 0.2) is 6.10 Å². The topological polar surface area (TPSA) is 62.7 Å². The second-order valence-corrected chi connectivity index (χ2v) is 8.76. The van der Waals surface area contributed by atoms with Gasteiger partial charge in [-0.05, 0) is 61.9 Å². The SMILES string of the molecule is C[C@@H](OC(=O)[C@@H]1CCCCN1Cc1ccccn1)C(=O)N1CCc2sccc2C1. The van der Waals surface area contributed by atoms with Gasteiger partial charge in [-0.15, -0.1) is 11.3 Å². The van der Waals surface area contributed by atoms with Crippen molar-refractivity contribution < 1.29 is 14.3 Å². The Labute approximate surface area is 175 Å². The van der Waals surface area contributed by atoms with Gasteiger partial charge in [0.2, 0.25) is 0 Å². The number of carbonyl (C=O) groups excluding carboxylic acids is 2. The number of rotatable bonds is 5. The van der Waals surface area contributed by atoms with Crippen LogP contribution < -0.4 is 0 Å². The lowest BCUT2D eigenvalue weighted by Gasteiger charge is -2.35. The van der Waals surface area contributed by atoms with Gasteiger partial charge in [-0.2, -0.15) is 0 Å². The van der Waals surface area contributed by atoms with Crippen LogP contribution in [0, 0.1) is 0 Å². The number of ether oxygens (including phenoxy) is 1. The summed E-state index contributed by atoms with van der Waals surface area (Å²) in [6, 6.07) is 7.58. The van der Waals surface area contributed by atoms with E-state index in [-0.39, 0.29) is 17.9 Å². The molecule has 6 nitrogen and oxygen atoms in total. The van der Waals surface area contributed by atoms with Crippen LogP contribution in [0.25, 0.3) is 0 Å². The molecule has 2 aliphatic heterocycles. The Kier molecular flexibility index (Phi) is 6.25. The van der Waals surface area contributed by atoms with Gasteiger partial charge in [-0.1, -0.05) is 12.5 Å². The molecule has 0 aliphatic carbocycles. The third kappa shape index (κ3) is 4.67. The molecule has 2 aliphatic rings. The Bertz CT molecular complexity index is 854. The van der Waals surface area contributed by atoms with Crippen molar-refractivity contribution in [3.63, 3.8) is 0 Å². The van der Waals surface area contributed by atoms with Gasteiger partial charge < -0.3 is 9.64 Å². The van der Waals surface area contributed by atoms with Crippen LogP contribution in [0.3, 0.4) is 0 Å². The van der Waals surface area contributed by atoms with E-state index in [0.29, 0.717) is 19.6 Å². The van der Waals surface area contributed by atoms with E-state index in [1.165, 1.54) is 10.4 Å². The molecular weight excluding hydrogens is 386 g/mol. The second kappa shape index (κ2) is 9.05. The fourth-order valence-corrected chi connectivity index (χ4v) is 5.03. The average molecular weight is 414 g/mol. The number of nitrogens with zero attached hydrogens (tertiary/aromatic N) is 3. The van der Waals surface area contributed by atoms with Gasteiger partial charge in [0, 0.05) is 30.7 Å². The minimum atomic E-state index is -0.763. The van der Waals surface area contributed by atoms with Gasteiger partial charge in [0.25, 0.3) is 5.91 Å². The predicted octanol–water partition coefficient (Wildman–Crippen LogP) is 3.01. The number of carbonyl (C=O) groups is 2. The summed E-state index contributed by atoms with van der Waals surface area (Å²) in [7, 11) is 0. The van der Waals surface area contributed by atoms with E-state index in [1.54, 1.807) is 29.4 Å². The maximum atomic E-state index is 12.9. The molecule has 2 atom stereocenters. The summed E-state index contributed by atoms with van der Waals surface area (Å²) in [5, 5.41) is 2.07. The number of thiophene rings is 1. The summed E-state index contributed by atoms with van der Waals surface area (Å²) in [5.74, 6) is -0.406. The van der Waals surface area contributed by atoms with Crippen molar-refractivity contribution >= 4 is 23.2 Å². The van der Waals surface area contributed by atoms with E-state index >= 15 is 0 Å². The van der Waals surface area contributed by atoms with Crippen molar-refractivity contribution in [1.82, 2.24) is 14.8 Å². The molecule has 0 aromatic carbocycles. The molecular formula is C22H27N3O3S. The zero-order valence-corrected chi connectivity index (χ0v) is 17.6. The molecule has 154 valence electrons. The highest BCUT2D eigenvalue weighted by Crippen LogP contribution is 2.25. The largest absolute Gasteiger partial charge is 0.451 e. The quantitative estimate of drug-likeness (QED) is 0.705. The Morgan fingerprint density at radius 1 is 1.28 bits per heavy atom. The molecule has 0 radical (unpaired) electrons. The highest BCUT2D eigenvalue weighted by molar-refractivity contribution is 7.10. The minimum absolute atomic E-state index is 0.109. The first-order chi connectivity index (χ1) is 14.1. The summed E-state index contributed by atoms with van der Waals surface area (Å²) < 4.78 is 5.65. The van der Waals surface area contributed by atoms with Crippen LogP contribution in [0.15, 0.2) is 35.8 Å². The number of likely N-dealkylation sites (tertiary alicyclic amines) is 1. The van der Waals surface area contributed by atoms with Crippen molar-refractivity contribution in [2.75, 3.05) is 13.1 Å². The number of aromatic nitrogens is 1. The number of pyridine rings is 1. The van der Waals surface area contributed by atoms with Gasteiger partial charge in [0.1, 0.15) is 6.04 Å². The fraction of sp³-hybridized carbons (Fsp3) is 0.500. The molecule has 1 amide bonds. The zero-order chi connectivity index (χ0) is 20.2. The highest BCUT2D eigenvalue weighted by Gasteiger charge is 2.34. The first kappa shape index (κ1) is 20.0. The third-order valence-electron chi connectivity index (χ3n) is 5.74. The number of piperidine rings is 1. The molecule has 1 fully saturated rings. The summed E-state index contributed by atoms with van der Waals surface area (Å²) in [4.78, 5) is 35.4. The number of amides is 1. The van der Waals surface area contributed by atoms with Crippen molar-refractivity contribution in [2.45, 2.75) is 57.8 Å². The van der Waals surface area contributed by atoms with E-state index in [1.807, 2.05) is 18.2 Å². The fourth-order valence-electron chi connectivity index (χ4n) is 4.14. The Morgan fingerprint density at radius 2 is 2.17 bits per heavy atom. The van der Waals surface area contributed by atoms with Crippen LogP contribution in [-0.2, 0) is 33.8 Å². The lowest BCUT2D eigenvalue weighted by atomic mass is 10.0. The molecule has 0 bridgehead atoms. The molecule has 0 spiro atoms. The summed E-state index contributed by atoms with van der Waals surface area (Å²) >= 11 is 1.74. The van der Waals surface area contributed by atoms with Crippen LogP contribution in [0.5, 0.6) is 0 Å². The van der Waals surface area contributed by atoms with E-state index < -0.39 is 6.10 Å². The van der Waals surface area contributed by atoms with E-state index in [0.717, 1.165) is 37.9 Å². The van der Waals surface area contributed by atoms with Crippen LogP contribution in [0.2, 0.25) is 0 Å². The number of fused-ring (bicyclic) bond motifs is 1. The standard InChI is InChI=1S/C22H27N3O3S/c1-16(21(26)25-12-8-20-17(14-25)9-13-29-20)28-22(27)19-7-3-5-11-24(19)15-18-6-2-4-10-23-18/h2,4,6,9-10,13,16,19H,3,5,7-8,11-12,14-15H2,1H3/t16-,19+/m1/s1. The summed E-state index contributed by atoms with van der Waals surface area (Å²) in [6.07, 6.45) is 4.69. The van der Waals surface area contributed by atoms with Crippen LogP contribution in [-0.4, -0.2) is 51.9 Å². The van der Waals surface area contributed by atoms with Gasteiger partial charge in [-0.25, -0.2) is 0 Å². The first-order valence-electron chi connectivity index (χ1n) is 10.3. The van der Waals surface area contributed by atoms with Crippen LogP contribution >= 0.6 is 11.3 Å². The monoisotopic (exact) mass is 413 g/mol. The van der Waals surface area contributed by atoms with Gasteiger partial charge in [0.05, 0.1) is 5.69 Å². The molecule has 0 saturated carbocycles. The van der Waals surface area contributed by atoms with Gasteiger partial charge >= 0.3 is 5.97 Å².